The first-order valence-corrected chi connectivity index (χ1v) is 16.6. The molecular formula is C45H30N2O. The van der Waals surface area contributed by atoms with Crippen molar-refractivity contribution in [2.24, 2.45) is 0 Å². The van der Waals surface area contributed by atoms with Crippen LogP contribution < -0.4 is 5.69 Å². The van der Waals surface area contributed by atoms with Crippen molar-refractivity contribution >= 4 is 49.2 Å². The summed E-state index contributed by atoms with van der Waals surface area (Å²) in [6.45, 7) is 0. The van der Waals surface area contributed by atoms with Gasteiger partial charge in [-0.25, -0.2) is 4.79 Å². The maximum atomic E-state index is 14.2. The maximum Gasteiger partial charge on any atom is 0.338 e. The lowest BCUT2D eigenvalue weighted by molar-refractivity contribution is 0.775. The van der Waals surface area contributed by atoms with Crippen molar-refractivity contribution in [2.75, 3.05) is 0 Å². The van der Waals surface area contributed by atoms with E-state index in [0.717, 1.165) is 29.2 Å². The summed E-state index contributed by atoms with van der Waals surface area (Å²) in [6.07, 6.45) is 5.18. The molecule has 0 spiro atoms. The van der Waals surface area contributed by atoms with Crippen LogP contribution in [0.3, 0.4) is 0 Å². The fraction of sp³-hybridized carbons (Fsp3) is 0.0444. The summed E-state index contributed by atoms with van der Waals surface area (Å²) in [5, 5.41) is 10.2. The highest BCUT2D eigenvalue weighted by molar-refractivity contribution is 6.26. The van der Waals surface area contributed by atoms with Crippen LogP contribution in [0.15, 0.2) is 163 Å². The molecule has 0 aliphatic heterocycles. The minimum atomic E-state index is -0.0423. The van der Waals surface area contributed by atoms with E-state index in [2.05, 4.69) is 103 Å². The number of para-hydroxylation sites is 2. The van der Waals surface area contributed by atoms with Gasteiger partial charge in [-0.15, -0.1) is 0 Å². The molecule has 0 radical (unpaired) electrons. The summed E-state index contributed by atoms with van der Waals surface area (Å²) >= 11 is 0. The maximum absolute atomic E-state index is 14.2. The number of hydrogen-bond acceptors (Lipinski definition) is 1. The van der Waals surface area contributed by atoms with E-state index in [1.165, 1.54) is 59.8 Å². The molecule has 0 saturated carbocycles. The topological polar surface area (TPSA) is 26.9 Å². The first kappa shape index (κ1) is 27.0. The molecule has 1 aliphatic carbocycles. The van der Waals surface area contributed by atoms with Gasteiger partial charge < -0.3 is 0 Å². The average molecular weight is 615 g/mol. The Kier molecular flexibility index (Phi) is 5.85. The molecule has 0 fully saturated rings. The second-order valence-corrected chi connectivity index (χ2v) is 12.9. The number of hydrogen-bond donors (Lipinski definition) is 0. The minimum Gasteiger partial charge on any atom is -0.264 e. The molecule has 10 rings (SSSR count). The van der Waals surface area contributed by atoms with E-state index >= 15 is 0 Å². The number of benzene rings is 8. The SMILES string of the molecule is O=c1n(-c2ccccc2)c2c(n1-c1ccccc1)CC(c1ccc3ccc4c(-c5ccc6ccccc6c5)ccc5ccc1c3c54)C=C2. The van der Waals surface area contributed by atoms with Gasteiger partial charge in [0.25, 0.3) is 0 Å². The van der Waals surface area contributed by atoms with Crippen LogP contribution in [0, 0.1) is 0 Å². The summed E-state index contributed by atoms with van der Waals surface area (Å²) in [6, 6.07) is 53.6. The van der Waals surface area contributed by atoms with Crippen LogP contribution in [-0.2, 0) is 6.42 Å². The standard InChI is InChI=1S/C45H30N2O/c48-45-46(35-11-3-1-4-12-35)41-26-21-34(28-42(41)47(45)36-13-5-2-6-14-36)38-23-18-31-19-24-39-37(22-17-30-20-25-40(38)44(31)43(30)39)33-16-15-29-9-7-8-10-32(29)27-33/h1-27,34H,28H2. The summed E-state index contributed by atoms with van der Waals surface area (Å²) in [5.74, 6) is 0.114. The molecule has 3 nitrogen and oxygen atoms in total. The Balaban J connectivity index is 1.15. The summed E-state index contributed by atoms with van der Waals surface area (Å²) in [5.41, 5.74) is 7.48. The molecular weight excluding hydrogens is 585 g/mol. The van der Waals surface area contributed by atoms with Crippen LogP contribution >= 0.6 is 0 Å². The predicted molar refractivity (Wildman–Crippen MR) is 200 cm³/mol. The Bertz CT molecular complexity index is 2770. The average Bonchev–Trinajstić information content (AvgIpc) is 3.44. The second kappa shape index (κ2) is 10.4. The molecule has 1 heterocycles. The van der Waals surface area contributed by atoms with Crippen molar-refractivity contribution in [2.45, 2.75) is 12.3 Å². The van der Waals surface area contributed by atoms with Crippen LogP contribution in [0.4, 0.5) is 0 Å². The Labute approximate surface area is 277 Å². The zero-order chi connectivity index (χ0) is 31.8. The second-order valence-electron chi connectivity index (χ2n) is 12.9. The molecule has 1 aliphatic rings. The number of rotatable bonds is 4. The van der Waals surface area contributed by atoms with E-state index in [-0.39, 0.29) is 11.6 Å². The first-order chi connectivity index (χ1) is 23.7. The lowest BCUT2D eigenvalue weighted by Crippen LogP contribution is -2.23. The Morgan fingerprint density at radius 2 is 1.12 bits per heavy atom. The van der Waals surface area contributed by atoms with Crippen LogP contribution in [-0.4, -0.2) is 9.13 Å². The molecule has 0 bridgehead atoms. The highest BCUT2D eigenvalue weighted by atomic mass is 16.1. The van der Waals surface area contributed by atoms with Crippen molar-refractivity contribution in [3.63, 3.8) is 0 Å². The normalized spacial score (nSPS) is 14.4. The molecule has 1 unspecified atom stereocenters. The fourth-order valence-corrected chi connectivity index (χ4v) is 8.05. The van der Waals surface area contributed by atoms with Crippen LogP contribution in [0.25, 0.3) is 71.7 Å². The van der Waals surface area contributed by atoms with Crippen LogP contribution in [0.2, 0.25) is 0 Å². The van der Waals surface area contributed by atoms with E-state index in [1.54, 1.807) is 0 Å². The van der Waals surface area contributed by atoms with Crippen molar-refractivity contribution in [3.05, 3.63) is 185 Å². The summed E-state index contributed by atoms with van der Waals surface area (Å²) < 4.78 is 3.76. The van der Waals surface area contributed by atoms with Crippen LogP contribution in [0.5, 0.6) is 0 Å². The number of allylic oxidation sites excluding steroid dienone is 1. The van der Waals surface area contributed by atoms with Crippen LogP contribution in [0.1, 0.15) is 22.9 Å². The van der Waals surface area contributed by atoms with E-state index < -0.39 is 0 Å². The zero-order valence-electron chi connectivity index (χ0n) is 26.2. The lowest BCUT2D eigenvalue weighted by Gasteiger charge is -2.23. The van der Waals surface area contributed by atoms with Gasteiger partial charge in [0.1, 0.15) is 0 Å². The Morgan fingerprint density at radius 3 is 1.90 bits per heavy atom. The largest absolute Gasteiger partial charge is 0.338 e. The highest BCUT2D eigenvalue weighted by Crippen LogP contribution is 2.43. The number of nitrogens with zero attached hydrogens (tertiary/aromatic N) is 2. The zero-order valence-corrected chi connectivity index (χ0v) is 26.2. The first-order valence-electron chi connectivity index (χ1n) is 16.6. The van der Waals surface area contributed by atoms with Gasteiger partial charge in [-0.1, -0.05) is 127 Å². The molecule has 0 N–H and O–H groups in total. The molecule has 3 heteroatoms. The van der Waals surface area contributed by atoms with Gasteiger partial charge >= 0.3 is 5.69 Å². The van der Waals surface area contributed by atoms with Crippen molar-refractivity contribution in [1.29, 1.82) is 0 Å². The Morgan fingerprint density at radius 1 is 0.521 bits per heavy atom. The minimum absolute atomic E-state index is 0.0423. The van der Waals surface area contributed by atoms with Crippen molar-refractivity contribution in [1.82, 2.24) is 9.13 Å². The van der Waals surface area contributed by atoms with Crippen molar-refractivity contribution < 1.29 is 0 Å². The number of aromatic nitrogens is 2. The van der Waals surface area contributed by atoms with Gasteiger partial charge in [-0.2, -0.15) is 0 Å². The van der Waals surface area contributed by atoms with Gasteiger partial charge in [0, 0.05) is 12.3 Å². The number of fused-ring (bicyclic) bond motifs is 2. The molecule has 0 amide bonds. The Hall–Kier alpha value is -6.19. The van der Waals surface area contributed by atoms with E-state index in [9.17, 15) is 4.79 Å². The molecule has 48 heavy (non-hydrogen) atoms. The fourth-order valence-electron chi connectivity index (χ4n) is 8.05. The predicted octanol–water partition coefficient (Wildman–Crippen LogP) is 10.7. The van der Waals surface area contributed by atoms with E-state index in [4.69, 9.17) is 0 Å². The van der Waals surface area contributed by atoms with E-state index in [0.29, 0.717) is 0 Å². The monoisotopic (exact) mass is 614 g/mol. The third kappa shape index (κ3) is 3.98. The van der Waals surface area contributed by atoms with Crippen molar-refractivity contribution in [3.8, 4) is 22.5 Å². The van der Waals surface area contributed by atoms with Gasteiger partial charge in [0.2, 0.25) is 0 Å². The lowest BCUT2D eigenvalue weighted by atomic mass is 9.83. The quantitative estimate of drug-likeness (QED) is 0.181. The summed E-state index contributed by atoms with van der Waals surface area (Å²) in [4.78, 5) is 14.2. The smallest absolute Gasteiger partial charge is 0.264 e. The molecule has 8 aromatic carbocycles. The summed E-state index contributed by atoms with van der Waals surface area (Å²) in [7, 11) is 0. The van der Waals surface area contributed by atoms with Gasteiger partial charge in [-0.3, -0.25) is 9.13 Å². The molecule has 1 atom stereocenters. The van der Waals surface area contributed by atoms with Gasteiger partial charge in [-0.05, 0) is 96.2 Å². The third-order valence-corrected chi connectivity index (χ3v) is 10.3. The molecule has 9 aromatic rings. The highest BCUT2D eigenvalue weighted by Gasteiger charge is 2.27. The molecule has 1 aromatic heterocycles. The van der Waals surface area contributed by atoms with Gasteiger partial charge in [0.05, 0.1) is 22.8 Å². The third-order valence-electron chi connectivity index (χ3n) is 10.3. The molecule has 0 saturated heterocycles. The number of imidazole rings is 1. The van der Waals surface area contributed by atoms with E-state index in [1.807, 2.05) is 69.8 Å². The molecule has 226 valence electrons. The van der Waals surface area contributed by atoms with Gasteiger partial charge in [0.15, 0.2) is 0 Å².